The van der Waals surface area contributed by atoms with E-state index >= 15 is 0 Å². The Hall–Kier alpha value is -2.07. The van der Waals surface area contributed by atoms with E-state index in [4.69, 9.17) is 11.6 Å². The molecule has 1 N–H and O–H groups in total. The molecular formula is C14H13ClN2O2. The Morgan fingerprint density at radius 2 is 1.95 bits per heavy atom. The molecule has 0 atom stereocenters. The predicted molar refractivity (Wildman–Crippen MR) is 75.1 cm³/mol. The number of aromatic nitrogens is 2. The normalized spacial score (nSPS) is 11.6. The van der Waals surface area contributed by atoms with Crippen molar-refractivity contribution >= 4 is 17.4 Å². The second-order valence-electron chi connectivity index (χ2n) is 4.18. The van der Waals surface area contributed by atoms with Crippen molar-refractivity contribution in [3.63, 3.8) is 0 Å². The minimum absolute atomic E-state index is 0.115. The van der Waals surface area contributed by atoms with E-state index in [0.29, 0.717) is 16.4 Å². The van der Waals surface area contributed by atoms with E-state index in [1.54, 1.807) is 26.0 Å². The number of carbonyl (C=O) groups excluding carboxylic acids is 1. The molecule has 0 saturated carbocycles. The highest BCUT2D eigenvalue weighted by molar-refractivity contribution is 6.31. The highest BCUT2D eigenvalue weighted by atomic mass is 35.5. The van der Waals surface area contributed by atoms with Crippen LogP contribution < -0.4 is 5.56 Å². The first-order valence-corrected chi connectivity index (χ1v) is 6.13. The van der Waals surface area contributed by atoms with Gasteiger partial charge in [-0.2, -0.15) is 0 Å². The summed E-state index contributed by atoms with van der Waals surface area (Å²) in [7, 11) is 0. The number of rotatable bonds is 3. The molecule has 2 rings (SSSR count). The molecule has 0 fully saturated rings. The van der Waals surface area contributed by atoms with E-state index < -0.39 is 0 Å². The van der Waals surface area contributed by atoms with Gasteiger partial charge in [-0.3, -0.25) is 14.7 Å². The summed E-state index contributed by atoms with van der Waals surface area (Å²) < 4.78 is 1.35. The van der Waals surface area contributed by atoms with Crippen LogP contribution in [0.5, 0.6) is 0 Å². The third kappa shape index (κ3) is 2.69. The Bertz CT molecular complexity index is 692. The molecule has 0 aliphatic heterocycles. The van der Waals surface area contributed by atoms with Gasteiger partial charge in [-0.1, -0.05) is 29.8 Å². The maximum absolute atomic E-state index is 12.3. The lowest BCUT2D eigenvalue weighted by Gasteiger charge is -1.99. The van der Waals surface area contributed by atoms with Crippen LogP contribution in [-0.4, -0.2) is 15.6 Å². The molecule has 1 aromatic heterocycles. The summed E-state index contributed by atoms with van der Waals surface area (Å²) in [6, 6.07) is 9.07. The number of hydrogen-bond donors (Lipinski definition) is 1. The first-order valence-electron chi connectivity index (χ1n) is 5.76. The van der Waals surface area contributed by atoms with Crippen LogP contribution in [0.2, 0.25) is 0 Å². The van der Waals surface area contributed by atoms with Crippen molar-refractivity contribution in [3.8, 4) is 5.69 Å². The summed E-state index contributed by atoms with van der Waals surface area (Å²) in [5.41, 5.74) is 0.945. The second kappa shape index (κ2) is 5.28. The maximum Gasteiger partial charge on any atom is 0.282 e. The molecule has 1 heterocycles. The molecule has 98 valence electrons. The highest BCUT2D eigenvalue weighted by Crippen LogP contribution is 2.09. The number of ketones is 1. The number of H-pyrrole nitrogens is 1. The zero-order valence-corrected chi connectivity index (χ0v) is 11.4. The molecule has 0 amide bonds. The number of nitrogens with zero attached hydrogens (tertiary/aromatic N) is 1. The van der Waals surface area contributed by atoms with Crippen molar-refractivity contribution in [2.24, 2.45) is 0 Å². The van der Waals surface area contributed by atoms with E-state index in [-0.39, 0.29) is 16.9 Å². The number of halogens is 1. The first-order chi connectivity index (χ1) is 9.00. The molecule has 0 aliphatic rings. The fourth-order valence-electron chi connectivity index (χ4n) is 1.85. The monoisotopic (exact) mass is 276 g/mol. The molecule has 0 aliphatic carbocycles. The lowest BCUT2D eigenvalue weighted by atomic mass is 10.1. The molecule has 1 aromatic carbocycles. The Kier molecular flexibility index (Phi) is 3.71. The van der Waals surface area contributed by atoms with Crippen LogP contribution in [0.25, 0.3) is 5.69 Å². The van der Waals surface area contributed by atoms with Crippen molar-refractivity contribution < 1.29 is 4.79 Å². The van der Waals surface area contributed by atoms with Crippen LogP contribution >= 0.6 is 11.6 Å². The van der Waals surface area contributed by atoms with Gasteiger partial charge in [0.2, 0.25) is 0 Å². The van der Waals surface area contributed by atoms with Gasteiger partial charge in [-0.25, -0.2) is 4.68 Å². The van der Waals surface area contributed by atoms with Crippen molar-refractivity contribution in [3.05, 3.63) is 63.1 Å². The summed E-state index contributed by atoms with van der Waals surface area (Å²) in [5, 5.41) is 3.24. The van der Waals surface area contributed by atoms with Crippen molar-refractivity contribution in [2.75, 3.05) is 0 Å². The third-order valence-corrected chi connectivity index (χ3v) is 2.77. The number of aromatic amines is 1. The Morgan fingerprint density at radius 3 is 2.53 bits per heavy atom. The van der Waals surface area contributed by atoms with Gasteiger partial charge in [0.15, 0.2) is 5.78 Å². The van der Waals surface area contributed by atoms with Gasteiger partial charge in [0, 0.05) is 16.8 Å². The molecule has 0 radical (unpaired) electrons. The highest BCUT2D eigenvalue weighted by Gasteiger charge is 2.17. The van der Waals surface area contributed by atoms with Crippen LogP contribution in [0.3, 0.4) is 0 Å². The number of aryl methyl sites for hydroxylation is 1. The predicted octanol–water partition coefficient (Wildman–Crippen LogP) is 2.80. The Balaban J connectivity index is 2.56. The van der Waals surface area contributed by atoms with Crippen molar-refractivity contribution in [1.82, 2.24) is 9.78 Å². The quantitative estimate of drug-likeness (QED) is 0.692. The van der Waals surface area contributed by atoms with E-state index in [1.165, 1.54) is 10.8 Å². The Morgan fingerprint density at radius 1 is 1.32 bits per heavy atom. The zero-order chi connectivity index (χ0) is 14.0. The second-order valence-corrected chi connectivity index (χ2v) is 4.78. The van der Waals surface area contributed by atoms with Gasteiger partial charge in [0.05, 0.1) is 5.69 Å². The zero-order valence-electron chi connectivity index (χ0n) is 10.6. The molecule has 0 spiro atoms. The summed E-state index contributed by atoms with van der Waals surface area (Å²) in [6.45, 7) is 3.28. The summed E-state index contributed by atoms with van der Waals surface area (Å²) in [5.74, 6) is -0.388. The SMILES string of the molecule is C/C(Cl)=C\C(=O)c1c(C)[nH]n(-c2ccccc2)c1=O. The van der Waals surface area contributed by atoms with Gasteiger partial charge in [0.1, 0.15) is 5.56 Å². The van der Waals surface area contributed by atoms with Gasteiger partial charge >= 0.3 is 0 Å². The minimum atomic E-state index is -0.388. The van der Waals surface area contributed by atoms with Crippen LogP contribution in [-0.2, 0) is 0 Å². The average molecular weight is 277 g/mol. The minimum Gasteiger partial charge on any atom is -0.295 e. The Labute approximate surface area is 115 Å². The third-order valence-electron chi connectivity index (χ3n) is 2.66. The van der Waals surface area contributed by atoms with Gasteiger partial charge in [-0.05, 0) is 26.0 Å². The summed E-state index contributed by atoms with van der Waals surface area (Å²) in [4.78, 5) is 24.2. The standard InChI is InChI=1S/C14H13ClN2O2/c1-9(15)8-12(18)13-10(2)16-17(14(13)19)11-6-4-3-5-7-11/h3-8,16H,1-2H3/b9-8+. The largest absolute Gasteiger partial charge is 0.295 e. The van der Waals surface area contributed by atoms with Crippen molar-refractivity contribution in [2.45, 2.75) is 13.8 Å². The van der Waals surface area contributed by atoms with Gasteiger partial charge in [-0.15, -0.1) is 0 Å². The maximum atomic E-state index is 12.3. The summed E-state index contributed by atoms with van der Waals surface area (Å²) >= 11 is 5.67. The molecule has 0 bridgehead atoms. The fourth-order valence-corrected chi connectivity index (χ4v) is 1.95. The number of hydrogen-bond acceptors (Lipinski definition) is 2. The number of allylic oxidation sites excluding steroid dienone is 2. The van der Waals surface area contributed by atoms with E-state index in [2.05, 4.69) is 5.10 Å². The van der Waals surface area contributed by atoms with Gasteiger partial charge in [0.25, 0.3) is 5.56 Å². The number of carbonyl (C=O) groups is 1. The molecule has 0 saturated heterocycles. The van der Waals surface area contributed by atoms with Crippen LogP contribution in [0.1, 0.15) is 23.0 Å². The topological polar surface area (TPSA) is 54.9 Å². The summed E-state index contributed by atoms with van der Waals surface area (Å²) in [6.07, 6.45) is 1.24. The van der Waals surface area contributed by atoms with Gasteiger partial charge < -0.3 is 0 Å². The number of para-hydroxylation sites is 1. The number of benzene rings is 1. The fraction of sp³-hybridized carbons (Fsp3) is 0.143. The van der Waals surface area contributed by atoms with Crippen LogP contribution in [0.15, 0.2) is 46.2 Å². The van der Waals surface area contributed by atoms with Crippen LogP contribution in [0, 0.1) is 6.92 Å². The number of nitrogens with one attached hydrogen (secondary N) is 1. The lowest BCUT2D eigenvalue weighted by Crippen LogP contribution is -2.19. The van der Waals surface area contributed by atoms with Crippen LogP contribution in [0.4, 0.5) is 0 Å². The van der Waals surface area contributed by atoms with E-state index in [9.17, 15) is 9.59 Å². The molecule has 19 heavy (non-hydrogen) atoms. The lowest BCUT2D eigenvalue weighted by molar-refractivity contribution is 0.104. The van der Waals surface area contributed by atoms with E-state index in [0.717, 1.165) is 0 Å². The van der Waals surface area contributed by atoms with E-state index in [1.807, 2.05) is 18.2 Å². The molecule has 5 heteroatoms. The molecule has 2 aromatic rings. The first kappa shape index (κ1) is 13.4. The molecular weight excluding hydrogens is 264 g/mol. The average Bonchev–Trinajstić information content (AvgIpc) is 2.65. The molecule has 0 unspecified atom stereocenters. The smallest absolute Gasteiger partial charge is 0.282 e. The van der Waals surface area contributed by atoms with Crippen molar-refractivity contribution in [1.29, 1.82) is 0 Å². The molecule has 4 nitrogen and oxygen atoms in total.